The van der Waals surface area contributed by atoms with Crippen molar-refractivity contribution in [1.29, 1.82) is 0 Å². The third-order valence-corrected chi connectivity index (χ3v) is 4.02. The van der Waals surface area contributed by atoms with Crippen molar-refractivity contribution in [2.24, 2.45) is 5.41 Å². The second kappa shape index (κ2) is 5.62. The fourth-order valence-electron chi connectivity index (χ4n) is 1.21. The number of nitrogens with zero attached hydrogens (tertiary/aromatic N) is 2. The van der Waals surface area contributed by atoms with Gasteiger partial charge in [-0.3, -0.25) is 0 Å². The molecule has 0 aliphatic rings. The monoisotopic (exact) mass is 286 g/mol. The highest BCUT2D eigenvalue weighted by Crippen LogP contribution is 2.28. The SMILES string of the molecule is CCOc1cc(CC(Br)C(C)(C)C)ncn1. The first-order chi connectivity index (χ1) is 7.43. The van der Waals surface area contributed by atoms with Crippen LogP contribution in [-0.2, 0) is 6.42 Å². The summed E-state index contributed by atoms with van der Waals surface area (Å²) in [7, 11) is 0. The summed E-state index contributed by atoms with van der Waals surface area (Å²) < 4.78 is 5.35. The molecule has 0 N–H and O–H groups in total. The van der Waals surface area contributed by atoms with Crippen LogP contribution in [0, 0.1) is 5.41 Å². The van der Waals surface area contributed by atoms with Gasteiger partial charge in [0.2, 0.25) is 5.88 Å². The zero-order valence-corrected chi connectivity index (χ0v) is 11.9. The van der Waals surface area contributed by atoms with Crippen LogP contribution in [0.2, 0.25) is 0 Å². The summed E-state index contributed by atoms with van der Waals surface area (Å²) in [6.07, 6.45) is 2.44. The van der Waals surface area contributed by atoms with Crippen molar-refractivity contribution in [3.8, 4) is 5.88 Å². The maximum atomic E-state index is 5.35. The average molecular weight is 287 g/mol. The van der Waals surface area contributed by atoms with E-state index in [-0.39, 0.29) is 5.41 Å². The number of hydrogen-bond acceptors (Lipinski definition) is 3. The lowest BCUT2D eigenvalue weighted by Crippen LogP contribution is -2.22. The smallest absolute Gasteiger partial charge is 0.216 e. The summed E-state index contributed by atoms with van der Waals surface area (Å²) in [6, 6.07) is 1.91. The molecule has 0 amide bonds. The lowest BCUT2D eigenvalue weighted by atomic mass is 9.89. The van der Waals surface area contributed by atoms with Crippen molar-refractivity contribution in [2.45, 2.75) is 38.9 Å². The Morgan fingerprint density at radius 2 is 2.06 bits per heavy atom. The number of rotatable bonds is 4. The summed E-state index contributed by atoms with van der Waals surface area (Å²) in [6.45, 7) is 9.20. The molecule has 0 saturated heterocycles. The zero-order valence-electron chi connectivity index (χ0n) is 10.3. The molecule has 1 rings (SSSR count). The molecule has 0 bridgehead atoms. The van der Waals surface area contributed by atoms with Gasteiger partial charge in [0, 0.05) is 23.0 Å². The molecule has 0 aromatic carbocycles. The van der Waals surface area contributed by atoms with Gasteiger partial charge in [0.1, 0.15) is 6.33 Å². The van der Waals surface area contributed by atoms with Gasteiger partial charge in [0.05, 0.1) is 6.61 Å². The molecule has 1 aromatic heterocycles. The van der Waals surface area contributed by atoms with E-state index in [1.807, 2.05) is 13.0 Å². The van der Waals surface area contributed by atoms with E-state index < -0.39 is 0 Å². The van der Waals surface area contributed by atoms with Gasteiger partial charge in [-0.15, -0.1) is 0 Å². The maximum Gasteiger partial charge on any atom is 0.216 e. The number of aromatic nitrogens is 2. The molecule has 0 aliphatic carbocycles. The lowest BCUT2D eigenvalue weighted by Gasteiger charge is -2.25. The highest BCUT2D eigenvalue weighted by molar-refractivity contribution is 9.09. The fourth-order valence-corrected chi connectivity index (χ4v) is 1.54. The van der Waals surface area contributed by atoms with Gasteiger partial charge in [0.25, 0.3) is 0 Å². The Hall–Kier alpha value is -0.640. The van der Waals surface area contributed by atoms with Gasteiger partial charge in [-0.2, -0.15) is 0 Å². The van der Waals surface area contributed by atoms with Crippen LogP contribution in [0.25, 0.3) is 0 Å². The topological polar surface area (TPSA) is 35.0 Å². The van der Waals surface area contributed by atoms with Crippen molar-refractivity contribution in [1.82, 2.24) is 9.97 Å². The van der Waals surface area contributed by atoms with Gasteiger partial charge in [-0.1, -0.05) is 36.7 Å². The molecule has 0 fully saturated rings. The number of halogens is 1. The summed E-state index contributed by atoms with van der Waals surface area (Å²) in [5, 5.41) is 0. The standard InChI is InChI=1S/C12H19BrN2O/c1-5-16-11-7-9(14-8-15-11)6-10(13)12(2,3)4/h7-8,10H,5-6H2,1-4H3. The maximum absolute atomic E-state index is 5.35. The van der Waals surface area contributed by atoms with Crippen LogP contribution in [0.15, 0.2) is 12.4 Å². The summed E-state index contributed by atoms with van der Waals surface area (Å²) in [4.78, 5) is 8.70. The Morgan fingerprint density at radius 1 is 1.38 bits per heavy atom. The quantitative estimate of drug-likeness (QED) is 0.797. The molecular weight excluding hydrogens is 268 g/mol. The highest BCUT2D eigenvalue weighted by Gasteiger charge is 2.22. The van der Waals surface area contributed by atoms with Gasteiger partial charge < -0.3 is 4.74 Å². The molecule has 1 aromatic rings. The third kappa shape index (κ3) is 4.08. The van der Waals surface area contributed by atoms with E-state index in [1.54, 1.807) is 6.33 Å². The molecule has 0 spiro atoms. The number of alkyl halides is 1. The molecule has 1 atom stereocenters. The number of hydrogen-bond donors (Lipinski definition) is 0. The molecule has 4 heteroatoms. The Labute approximate surface area is 106 Å². The first-order valence-corrected chi connectivity index (χ1v) is 6.43. The van der Waals surface area contributed by atoms with Crippen LogP contribution in [0.5, 0.6) is 5.88 Å². The van der Waals surface area contributed by atoms with Crippen LogP contribution >= 0.6 is 15.9 Å². The van der Waals surface area contributed by atoms with E-state index in [4.69, 9.17) is 4.74 Å². The molecule has 3 nitrogen and oxygen atoms in total. The fraction of sp³-hybridized carbons (Fsp3) is 0.667. The van der Waals surface area contributed by atoms with Crippen molar-refractivity contribution >= 4 is 15.9 Å². The Bertz CT molecular complexity index is 336. The van der Waals surface area contributed by atoms with Gasteiger partial charge in [-0.25, -0.2) is 9.97 Å². The first kappa shape index (κ1) is 13.4. The van der Waals surface area contributed by atoms with Crippen LogP contribution < -0.4 is 4.74 Å². The average Bonchev–Trinajstić information content (AvgIpc) is 2.17. The van der Waals surface area contributed by atoms with Crippen LogP contribution in [-0.4, -0.2) is 21.4 Å². The minimum Gasteiger partial charge on any atom is -0.478 e. The minimum atomic E-state index is 0.219. The highest BCUT2D eigenvalue weighted by atomic mass is 79.9. The first-order valence-electron chi connectivity index (χ1n) is 5.51. The number of ether oxygens (including phenoxy) is 1. The summed E-state index contributed by atoms with van der Waals surface area (Å²) in [5.41, 5.74) is 1.23. The van der Waals surface area contributed by atoms with Crippen molar-refractivity contribution < 1.29 is 4.74 Å². The normalized spacial score (nSPS) is 13.6. The second-order valence-corrected chi connectivity index (χ2v) is 5.92. The molecule has 1 unspecified atom stereocenters. The molecular formula is C12H19BrN2O. The van der Waals surface area contributed by atoms with E-state index in [1.165, 1.54) is 0 Å². The summed E-state index contributed by atoms with van der Waals surface area (Å²) in [5.74, 6) is 0.654. The van der Waals surface area contributed by atoms with Crippen molar-refractivity contribution in [3.05, 3.63) is 18.1 Å². The predicted octanol–water partition coefficient (Wildman–Crippen LogP) is 3.23. The van der Waals surface area contributed by atoms with Gasteiger partial charge in [-0.05, 0) is 12.3 Å². The molecule has 0 saturated carbocycles. The van der Waals surface area contributed by atoms with Gasteiger partial charge >= 0.3 is 0 Å². The van der Waals surface area contributed by atoms with Crippen LogP contribution in [0.4, 0.5) is 0 Å². The Balaban J connectivity index is 2.70. The summed E-state index contributed by atoms with van der Waals surface area (Å²) >= 11 is 3.70. The Morgan fingerprint density at radius 3 is 2.62 bits per heavy atom. The van der Waals surface area contributed by atoms with Crippen LogP contribution in [0.1, 0.15) is 33.4 Å². The Kier molecular flexibility index (Phi) is 4.71. The van der Waals surface area contributed by atoms with E-state index >= 15 is 0 Å². The van der Waals surface area contributed by atoms with Crippen molar-refractivity contribution in [3.63, 3.8) is 0 Å². The van der Waals surface area contributed by atoms with Gasteiger partial charge in [0.15, 0.2) is 0 Å². The molecule has 1 heterocycles. The molecule has 90 valence electrons. The van der Waals surface area contributed by atoms with Crippen LogP contribution in [0.3, 0.4) is 0 Å². The predicted molar refractivity (Wildman–Crippen MR) is 69.1 cm³/mol. The molecule has 0 aliphatic heterocycles. The van der Waals surface area contributed by atoms with E-state index in [9.17, 15) is 0 Å². The lowest BCUT2D eigenvalue weighted by molar-refractivity contribution is 0.325. The molecule has 16 heavy (non-hydrogen) atoms. The van der Waals surface area contributed by atoms with E-state index in [2.05, 4.69) is 46.7 Å². The minimum absolute atomic E-state index is 0.219. The van der Waals surface area contributed by atoms with Crippen molar-refractivity contribution in [2.75, 3.05) is 6.61 Å². The third-order valence-electron chi connectivity index (χ3n) is 2.32. The van der Waals surface area contributed by atoms with E-state index in [0.717, 1.165) is 12.1 Å². The molecule has 0 radical (unpaired) electrons. The van der Waals surface area contributed by atoms with E-state index in [0.29, 0.717) is 17.3 Å². The largest absolute Gasteiger partial charge is 0.478 e. The second-order valence-electron chi connectivity index (χ2n) is 4.82. The zero-order chi connectivity index (χ0) is 12.2.